The first-order chi connectivity index (χ1) is 15.7. The van der Waals surface area contributed by atoms with Gasteiger partial charge in [-0.15, -0.1) is 0 Å². The van der Waals surface area contributed by atoms with E-state index in [4.69, 9.17) is 19.2 Å². The normalized spacial score (nSPS) is 15.8. The summed E-state index contributed by atoms with van der Waals surface area (Å²) in [6.45, 7) is 7.58. The van der Waals surface area contributed by atoms with Crippen LogP contribution in [-0.4, -0.2) is 76.4 Å². The molecule has 1 saturated heterocycles. The lowest BCUT2D eigenvalue weighted by Gasteiger charge is -2.34. The lowest BCUT2D eigenvalue weighted by Crippen LogP contribution is -2.42. The number of nitrogens with one attached hydrogen (secondary N) is 1. The maximum absolute atomic E-state index is 5.58. The van der Waals surface area contributed by atoms with Crippen LogP contribution in [0.15, 0.2) is 53.5 Å². The van der Waals surface area contributed by atoms with Gasteiger partial charge in [0.2, 0.25) is 0 Å². The Morgan fingerprint density at radius 1 is 1.09 bits per heavy atom. The molecule has 1 aliphatic heterocycles. The number of benzene rings is 2. The average Bonchev–Trinajstić information content (AvgIpc) is 2.84. The Morgan fingerprint density at radius 3 is 2.47 bits per heavy atom. The fourth-order valence-corrected chi connectivity index (χ4v) is 3.95. The highest BCUT2D eigenvalue weighted by molar-refractivity contribution is 5.79. The summed E-state index contributed by atoms with van der Waals surface area (Å²) in [7, 11) is 5.46. The zero-order chi connectivity index (χ0) is 22.8. The molecule has 1 unspecified atom stereocenters. The van der Waals surface area contributed by atoms with Gasteiger partial charge in [-0.05, 0) is 30.7 Å². The summed E-state index contributed by atoms with van der Waals surface area (Å²) in [5.74, 6) is 2.63. The Labute approximate surface area is 192 Å². The number of aliphatic imine (C=N–C) groups is 1. The number of rotatable bonds is 9. The van der Waals surface area contributed by atoms with Crippen LogP contribution in [0.25, 0.3) is 0 Å². The van der Waals surface area contributed by atoms with Gasteiger partial charge < -0.3 is 24.4 Å². The molecule has 0 aliphatic carbocycles. The lowest BCUT2D eigenvalue weighted by atomic mass is 10.0. The van der Waals surface area contributed by atoms with Crippen molar-refractivity contribution >= 4 is 5.96 Å². The van der Waals surface area contributed by atoms with Crippen LogP contribution in [0.2, 0.25) is 0 Å². The average molecular weight is 441 g/mol. The Hall–Kier alpha value is -2.77. The molecule has 7 nitrogen and oxygen atoms in total. The molecule has 0 radical (unpaired) electrons. The predicted octanol–water partition coefficient (Wildman–Crippen LogP) is 3.17. The first-order valence-corrected chi connectivity index (χ1v) is 11.2. The third-order valence-electron chi connectivity index (χ3n) is 5.70. The fraction of sp³-hybridized carbons (Fsp3) is 0.480. The monoisotopic (exact) mass is 440 g/mol. The summed E-state index contributed by atoms with van der Waals surface area (Å²) < 4.78 is 16.5. The Balaban J connectivity index is 1.80. The largest absolute Gasteiger partial charge is 0.497 e. The van der Waals surface area contributed by atoms with Crippen molar-refractivity contribution < 1.29 is 14.2 Å². The van der Waals surface area contributed by atoms with Gasteiger partial charge in [-0.25, -0.2) is 0 Å². The van der Waals surface area contributed by atoms with Gasteiger partial charge in [-0.1, -0.05) is 30.3 Å². The summed E-state index contributed by atoms with van der Waals surface area (Å²) in [5, 5.41) is 3.44. The standard InChI is InChI=1S/C25H36N4O3/c1-5-26-25(28(2)19-21-8-6-7-9-24(21)31-4)27-18-23(29-14-16-32-17-15-29)20-10-12-22(30-3)13-11-20/h6-13,23H,5,14-19H2,1-4H3,(H,26,27). The molecule has 1 N–H and O–H groups in total. The molecule has 0 spiro atoms. The van der Waals surface area contributed by atoms with Crippen molar-refractivity contribution in [3.63, 3.8) is 0 Å². The summed E-state index contributed by atoms with van der Waals surface area (Å²) in [6, 6.07) is 16.6. The molecule has 0 aromatic heterocycles. The highest BCUT2D eigenvalue weighted by atomic mass is 16.5. The van der Waals surface area contributed by atoms with Crippen LogP contribution >= 0.6 is 0 Å². The zero-order valence-corrected chi connectivity index (χ0v) is 19.7. The molecule has 174 valence electrons. The highest BCUT2D eigenvalue weighted by Crippen LogP contribution is 2.25. The molecule has 1 fully saturated rings. The number of hydrogen-bond donors (Lipinski definition) is 1. The van der Waals surface area contributed by atoms with Crippen molar-refractivity contribution in [1.29, 1.82) is 0 Å². The smallest absolute Gasteiger partial charge is 0.194 e. The van der Waals surface area contributed by atoms with E-state index in [1.54, 1.807) is 14.2 Å². The third kappa shape index (κ3) is 6.37. The van der Waals surface area contributed by atoms with Crippen molar-refractivity contribution in [2.24, 2.45) is 4.99 Å². The van der Waals surface area contributed by atoms with E-state index in [1.165, 1.54) is 5.56 Å². The van der Waals surface area contributed by atoms with E-state index in [0.29, 0.717) is 13.1 Å². The number of ether oxygens (including phenoxy) is 3. The molecule has 2 aromatic carbocycles. The second-order valence-electron chi connectivity index (χ2n) is 7.80. The van der Waals surface area contributed by atoms with Crippen LogP contribution in [0.5, 0.6) is 11.5 Å². The topological polar surface area (TPSA) is 58.6 Å². The second kappa shape index (κ2) is 12.3. The van der Waals surface area contributed by atoms with Crippen LogP contribution in [-0.2, 0) is 11.3 Å². The minimum absolute atomic E-state index is 0.179. The maximum Gasteiger partial charge on any atom is 0.194 e. The molecular formula is C25H36N4O3. The van der Waals surface area contributed by atoms with E-state index in [1.807, 2.05) is 30.3 Å². The van der Waals surface area contributed by atoms with Crippen LogP contribution < -0.4 is 14.8 Å². The molecule has 1 aliphatic rings. The maximum atomic E-state index is 5.58. The number of methoxy groups -OCH3 is 2. The molecule has 1 atom stereocenters. The Bertz CT molecular complexity index is 851. The van der Waals surface area contributed by atoms with E-state index < -0.39 is 0 Å². The van der Waals surface area contributed by atoms with Crippen LogP contribution in [0.4, 0.5) is 0 Å². The fourth-order valence-electron chi connectivity index (χ4n) is 3.95. The second-order valence-corrected chi connectivity index (χ2v) is 7.80. The Kier molecular flexibility index (Phi) is 9.19. The van der Waals surface area contributed by atoms with E-state index in [9.17, 15) is 0 Å². The van der Waals surface area contributed by atoms with Gasteiger partial charge >= 0.3 is 0 Å². The highest BCUT2D eigenvalue weighted by Gasteiger charge is 2.23. The molecule has 3 rings (SSSR count). The SMILES string of the molecule is CCNC(=NCC(c1ccc(OC)cc1)N1CCOCC1)N(C)Cc1ccccc1OC. The number of para-hydroxylation sites is 1. The van der Waals surface area contributed by atoms with Crippen molar-refractivity contribution in [3.05, 3.63) is 59.7 Å². The van der Waals surface area contributed by atoms with Gasteiger partial charge in [0, 0.05) is 38.8 Å². The molecule has 7 heteroatoms. The number of nitrogens with zero attached hydrogens (tertiary/aromatic N) is 3. The molecule has 0 saturated carbocycles. The number of guanidine groups is 1. The van der Waals surface area contributed by atoms with Crippen LogP contribution in [0.1, 0.15) is 24.1 Å². The quantitative estimate of drug-likeness (QED) is 0.478. The van der Waals surface area contributed by atoms with Crippen molar-refractivity contribution in [1.82, 2.24) is 15.1 Å². The summed E-state index contributed by atoms with van der Waals surface area (Å²) in [4.78, 5) is 9.64. The van der Waals surface area contributed by atoms with Gasteiger partial charge in [-0.2, -0.15) is 0 Å². The number of morpholine rings is 1. The van der Waals surface area contributed by atoms with Gasteiger partial charge in [0.1, 0.15) is 11.5 Å². The van der Waals surface area contributed by atoms with E-state index in [2.05, 4.69) is 47.3 Å². The molecule has 2 aromatic rings. The minimum atomic E-state index is 0.179. The summed E-state index contributed by atoms with van der Waals surface area (Å²) >= 11 is 0. The summed E-state index contributed by atoms with van der Waals surface area (Å²) in [5.41, 5.74) is 2.36. The molecule has 1 heterocycles. The molecule has 0 amide bonds. The first kappa shape index (κ1) is 23.9. The van der Waals surface area contributed by atoms with Crippen LogP contribution in [0.3, 0.4) is 0 Å². The third-order valence-corrected chi connectivity index (χ3v) is 5.70. The predicted molar refractivity (Wildman–Crippen MR) is 129 cm³/mol. The Morgan fingerprint density at radius 2 is 1.81 bits per heavy atom. The van der Waals surface area contributed by atoms with E-state index >= 15 is 0 Å². The van der Waals surface area contributed by atoms with Gasteiger partial charge in [0.15, 0.2) is 5.96 Å². The molecule has 0 bridgehead atoms. The van der Waals surface area contributed by atoms with Gasteiger partial charge in [-0.3, -0.25) is 9.89 Å². The van der Waals surface area contributed by atoms with E-state index in [-0.39, 0.29) is 6.04 Å². The molecule has 32 heavy (non-hydrogen) atoms. The molecular weight excluding hydrogens is 404 g/mol. The van der Waals surface area contributed by atoms with Crippen molar-refractivity contribution in [2.75, 3.05) is 60.7 Å². The van der Waals surface area contributed by atoms with Gasteiger partial charge in [0.05, 0.1) is 40.0 Å². The first-order valence-electron chi connectivity index (χ1n) is 11.2. The van der Waals surface area contributed by atoms with E-state index in [0.717, 1.165) is 55.9 Å². The lowest BCUT2D eigenvalue weighted by molar-refractivity contribution is 0.0179. The van der Waals surface area contributed by atoms with Crippen molar-refractivity contribution in [3.8, 4) is 11.5 Å². The van der Waals surface area contributed by atoms with Crippen molar-refractivity contribution in [2.45, 2.75) is 19.5 Å². The van der Waals surface area contributed by atoms with Gasteiger partial charge in [0.25, 0.3) is 0 Å². The number of hydrogen-bond acceptors (Lipinski definition) is 5. The minimum Gasteiger partial charge on any atom is -0.497 e. The zero-order valence-electron chi connectivity index (χ0n) is 19.7. The summed E-state index contributed by atoms with van der Waals surface area (Å²) in [6.07, 6.45) is 0. The van der Waals surface area contributed by atoms with Crippen LogP contribution in [0, 0.1) is 0 Å².